The summed E-state index contributed by atoms with van der Waals surface area (Å²) >= 11 is 0. The fourth-order valence-electron chi connectivity index (χ4n) is 3.34. The van der Waals surface area contributed by atoms with Crippen molar-refractivity contribution in [3.05, 3.63) is 41.7 Å². The molecule has 0 bridgehead atoms. The zero-order valence-corrected chi connectivity index (χ0v) is 14.2. The summed E-state index contributed by atoms with van der Waals surface area (Å²) in [4.78, 5) is 7.75. The van der Waals surface area contributed by atoms with E-state index in [1.807, 2.05) is 24.7 Å². The first-order chi connectivity index (χ1) is 11.6. The van der Waals surface area contributed by atoms with E-state index in [0.717, 1.165) is 57.0 Å². The fraction of sp³-hybridized carbons (Fsp3) is 0.278. The lowest BCUT2D eigenvalue weighted by atomic mass is 9.98. The summed E-state index contributed by atoms with van der Waals surface area (Å²) in [7, 11) is 0. The number of rotatable bonds is 3. The maximum absolute atomic E-state index is 5.35. The first kappa shape index (κ1) is 14.7. The van der Waals surface area contributed by atoms with Gasteiger partial charge in [0.1, 0.15) is 5.76 Å². The predicted molar refractivity (Wildman–Crippen MR) is 92.7 cm³/mol. The van der Waals surface area contributed by atoms with Gasteiger partial charge >= 0.3 is 0 Å². The van der Waals surface area contributed by atoms with E-state index in [2.05, 4.69) is 46.2 Å². The molecule has 3 heterocycles. The Hall–Kier alpha value is -2.89. The third-order valence-corrected chi connectivity index (χ3v) is 4.42. The Bertz CT molecular complexity index is 1020. The molecule has 0 spiro atoms. The molecule has 0 saturated carbocycles. The van der Waals surface area contributed by atoms with Crippen LogP contribution in [0.1, 0.15) is 23.9 Å². The molecule has 4 rings (SSSR count). The van der Waals surface area contributed by atoms with Crippen molar-refractivity contribution in [3.8, 4) is 22.4 Å². The predicted octanol–water partition coefficient (Wildman–Crippen LogP) is 4.03. The van der Waals surface area contributed by atoms with Gasteiger partial charge in [0.2, 0.25) is 0 Å². The van der Waals surface area contributed by atoms with Crippen molar-refractivity contribution in [2.45, 2.75) is 34.2 Å². The lowest BCUT2D eigenvalue weighted by molar-refractivity contribution is 0.393. The van der Waals surface area contributed by atoms with Crippen molar-refractivity contribution < 1.29 is 4.52 Å². The molecule has 1 aromatic carbocycles. The number of imidazole rings is 1. The topological polar surface area (TPSA) is 72.5 Å². The summed E-state index contributed by atoms with van der Waals surface area (Å²) in [5, 5.41) is 8.56. The van der Waals surface area contributed by atoms with E-state index >= 15 is 0 Å². The second kappa shape index (κ2) is 5.33. The van der Waals surface area contributed by atoms with Gasteiger partial charge in [-0.2, -0.15) is 5.10 Å². The Morgan fingerprint density at radius 3 is 2.75 bits per heavy atom. The van der Waals surface area contributed by atoms with E-state index in [1.54, 1.807) is 6.33 Å². The van der Waals surface area contributed by atoms with Gasteiger partial charge in [0.05, 0.1) is 34.9 Å². The van der Waals surface area contributed by atoms with Crippen LogP contribution >= 0.6 is 0 Å². The standard InChI is InChI=1S/C18H19N5O/c1-5-23-18(10(2)8-21-23)14-6-13(7-15-17(14)20-9-19-15)16-11(3)22-24-12(16)4/h6-9H,5H2,1-4H3,(H,19,20). The largest absolute Gasteiger partial charge is 0.361 e. The number of aromatic amines is 1. The van der Waals surface area contributed by atoms with Crippen molar-refractivity contribution >= 4 is 11.0 Å². The Labute approximate surface area is 139 Å². The Balaban J connectivity index is 2.05. The average molecular weight is 321 g/mol. The van der Waals surface area contributed by atoms with Crippen LogP contribution in [0, 0.1) is 20.8 Å². The smallest absolute Gasteiger partial charge is 0.141 e. The van der Waals surface area contributed by atoms with Gasteiger partial charge in [-0.3, -0.25) is 4.68 Å². The van der Waals surface area contributed by atoms with Crippen molar-refractivity contribution in [2.24, 2.45) is 0 Å². The average Bonchev–Trinajstić information content (AvgIpc) is 3.25. The summed E-state index contributed by atoms with van der Waals surface area (Å²) in [5.41, 5.74) is 8.24. The van der Waals surface area contributed by atoms with Gasteiger partial charge in [-0.05, 0) is 51.0 Å². The summed E-state index contributed by atoms with van der Waals surface area (Å²) in [6.45, 7) is 8.88. The van der Waals surface area contributed by atoms with Crippen molar-refractivity contribution in [2.75, 3.05) is 0 Å². The van der Waals surface area contributed by atoms with Crippen LogP contribution in [0.5, 0.6) is 0 Å². The summed E-state index contributed by atoms with van der Waals surface area (Å²) in [5.74, 6) is 0.818. The molecule has 0 unspecified atom stereocenters. The molecular weight excluding hydrogens is 302 g/mol. The normalized spacial score (nSPS) is 11.5. The number of aryl methyl sites for hydroxylation is 4. The fourth-order valence-corrected chi connectivity index (χ4v) is 3.34. The summed E-state index contributed by atoms with van der Waals surface area (Å²) < 4.78 is 7.36. The Kier molecular flexibility index (Phi) is 3.26. The molecule has 1 N–H and O–H groups in total. The number of fused-ring (bicyclic) bond motifs is 1. The van der Waals surface area contributed by atoms with E-state index in [4.69, 9.17) is 4.52 Å². The van der Waals surface area contributed by atoms with Crippen LogP contribution in [0.4, 0.5) is 0 Å². The van der Waals surface area contributed by atoms with E-state index < -0.39 is 0 Å². The number of aromatic nitrogens is 5. The minimum Gasteiger partial charge on any atom is -0.361 e. The van der Waals surface area contributed by atoms with Gasteiger partial charge in [0.25, 0.3) is 0 Å². The van der Waals surface area contributed by atoms with Crippen molar-refractivity contribution in [1.82, 2.24) is 24.9 Å². The van der Waals surface area contributed by atoms with Crippen LogP contribution in [0.3, 0.4) is 0 Å². The molecule has 4 aromatic rings. The highest BCUT2D eigenvalue weighted by atomic mass is 16.5. The molecule has 0 amide bonds. The molecule has 0 aliphatic heterocycles. The van der Waals surface area contributed by atoms with Gasteiger partial charge in [0, 0.05) is 17.7 Å². The van der Waals surface area contributed by atoms with Gasteiger partial charge < -0.3 is 9.51 Å². The molecule has 0 fully saturated rings. The second-order valence-electron chi connectivity index (χ2n) is 6.01. The number of nitrogens with one attached hydrogen (secondary N) is 1. The molecule has 6 nitrogen and oxygen atoms in total. The van der Waals surface area contributed by atoms with Crippen LogP contribution in [0.15, 0.2) is 29.2 Å². The van der Waals surface area contributed by atoms with Crippen molar-refractivity contribution in [1.29, 1.82) is 0 Å². The molecule has 122 valence electrons. The molecule has 0 atom stereocenters. The van der Waals surface area contributed by atoms with E-state index in [9.17, 15) is 0 Å². The van der Waals surface area contributed by atoms with Crippen LogP contribution in [-0.2, 0) is 6.54 Å². The first-order valence-electron chi connectivity index (χ1n) is 8.03. The number of hydrogen-bond donors (Lipinski definition) is 1. The van der Waals surface area contributed by atoms with E-state index in [1.165, 1.54) is 0 Å². The molecule has 0 saturated heterocycles. The minimum atomic E-state index is 0.810. The quantitative estimate of drug-likeness (QED) is 0.618. The lowest BCUT2D eigenvalue weighted by Gasteiger charge is -2.10. The van der Waals surface area contributed by atoms with Gasteiger partial charge in [-0.1, -0.05) is 5.16 Å². The lowest BCUT2D eigenvalue weighted by Crippen LogP contribution is -2.00. The minimum absolute atomic E-state index is 0.810. The number of H-pyrrole nitrogens is 1. The highest BCUT2D eigenvalue weighted by Gasteiger charge is 2.19. The van der Waals surface area contributed by atoms with E-state index in [-0.39, 0.29) is 0 Å². The van der Waals surface area contributed by atoms with Crippen LogP contribution in [0.25, 0.3) is 33.4 Å². The van der Waals surface area contributed by atoms with Crippen LogP contribution in [-0.4, -0.2) is 24.9 Å². The van der Waals surface area contributed by atoms with E-state index in [0.29, 0.717) is 0 Å². The molecule has 0 radical (unpaired) electrons. The molecule has 24 heavy (non-hydrogen) atoms. The first-order valence-corrected chi connectivity index (χ1v) is 8.03. The van der Waals surface area contributed by atoms with Crippen LogP contribution in [0.2, 0.25) is 0 Å². The summed E-state index contributed by atoms with van der Waals surface area (Å²) in [6, 6.07) is 4.26. The van der Waals surface area contributed by atoms with Gasteiger partial charge in [-0.25, -0.2) is 4.98 Å². The Morgan fingerprint density at radius 1 is 1.21 bits per heavy atom. The van der Waals surface area contributed by atoms with Crippen LogP contribution < -0.4 is 0 Å². The number of nitrogens with zero attached hydrogens (tertiary/aromatic N) is 4. The van der Waals surface area contributed by atoms with Crippen molar-refractivity contribution in [3.63, 3.8) is 0 Å². The van der Waals surface area contributed by atoms with Gasteiger partial charge in [0.15, 0.2) is 0 Å². The molecule has 6 heteroatoms. The Morgan fingerprint density at radius 2 is 2.04 bits per heavy atom. The third kappa shape index (κ3) is 2.06. The molecular formula is C18H19N5O. The maximum Gasteiger partial charge on any atom is 0.141 e. The zero-order chi connectivity index (χ0) is 16.8. The highest BCUT2D eigenvalue weighted by molar-refractivity contribution is 5.96. The van der Waals surface area contributed by atoms with Gasteiger partial charge in [-0.15, -0.1) is 0 Å². The summed E-state index contributed by atoms with van der Waals surface area (Å²) in [6.07, 6.45) is 3.63. The molecule has 0 aliphatic rings. The molecule has 0 aliphatic carbocycles. The zero-order valence-electron chi connectivity index (χ0n) is 14.2. The SMILES string of the molecule is CCn1ncc(C)c1-c1cc(-c2c(C)noc2C)cc2[nH]cnc12. The maximum atomic E-state index is 5.35. The highest BCUT2D eigenvalue weighted by Crippen LogP contribution is 2.36. The monoisotopic (exact) mass is 321 g/mol. The number of hydrogen-bond acceptors (Lipinski definition) is 4. The third-order valence-electron chi connectivity index (χ3n) is 4.42. The molecule has 3 aromatic heterocycles. The number of benzene rings is 1. The second-order valence-corrected chi connectivity index (χ2v) is 6.01.